The first-order valence-corrected chi connectivity index (χ1v) is 7.38. The third-order valence-corrected chi connectivity index (χ3v) is 4.34. The Morgan fingerprint density at radius 1 is 1.00 bits per heavy atom. The predicted molar refractivity (Wildman–Crippen MR) is 85.3 cm³/mol. The molecular weight excluding hydrogens is 345 g/mol. The number of nitrogens with one attached hydrogen (secondary N) is 1. The second-order valence-electron chi connectivity index (χ2n) is 4.43. The molecule has 0 aliphatic rings. The standard InChI is InChI=1S/C15H10BrCl2N/c16-11-2-4-15-12(7-11)10(8-19-15)5-9-1-3-13(17)14(18)6-9/h1-4,6-8,19H,5H2. The molecule has 19 heavy (non-hydrogen) atoms. The second kappa shape index (κ2) is 5.20. The fourth-order valence-electron chi connectivity index (χ4n) is 2.17. The lowest BCUT2D eigenvalue weighted by Crippen LogP contribution is -1.87. The van der Waals surface area contributed by atoms with E-state index >= 15 is 0 Å². The van der Waals surface area contributed by atoms with Gasteiger partial charge in [0.2, 0.25) is 0 Å². The van der Waals surface area contributed by atoms with Crippen LogP contribution in [0.15, 0.2) is 47.1 Å². The number of rotatable bonds is 2. The van der Waals surface area contributed by atoms with Gasteiger partial charge < -0.3 is 4.98 Å². The first kappa shape index (κ1) is 13.0. The molecule has 0 radical (unpaired) electrons. The summed E-state index contributed by atoms with van der Waals surface area (Å²) in [4.78, 5) is 3.28. The Kier molecular flexibility index (Phi) is 3.57. The lowest BCUT2D eigenvalue weighted by atomic mass is 10.0. The van der Waals surface area contributed by atoms with E-state index in [9.17, 15) is 0 Å². The molecule has 0 aliphatic heterocycles. The van der Waals surface area contributed by atoms with Gasteiger partial charge >= 0.3 is 0 Å². The van der Waals surface area contributed by atoms with E-state index in [0.29, 0.717) is 10.0 Å². The van der Waals surface area contributed by atoms with Crippen molar-refractivity contribution in [3.63, 3.8) is 0 Å². The van der Waals surface area contributed by atoms with Crippen LogP contribution in [0.1, 0.15) is 11.1 Å². The molecule has 0 unspecified atom stereocenters. The molecule has 4 heteroatoms. The van der Waals surface area contributed by atoms with Gasteiger partial charge in [-0.15, -0.1) is 0 Å². The van der Waals surface area contributed by atoms with E-state index in [1.165, 1.54) is 10.9 Å². The van der Waals surface area contributed by atoms with E-state index in [1.54, 1.807) is 0 Å². The highest BCUT2D eigenvalue weighted by atomic mass is 79.9. The van der Waals surface area contributed by atoms with Crippen molar-refractivity contribution in [3.05, 3.63) is 68.2 Å². The maximum atomic E-state index is 6.05. The third-order valence-electron chi connectivity index (χ3n) is 3.11. The average molecular weight is 355 g/mol. The number of benzene rings is 2. The normalized spacial score (nSPS) is 11.1. The van der Waals surface area contributed by atoms with Crippen molar-refractivity contribution in [2.45, 2.75) is 6.42 Å². The highest BCUT2D eigenvalue weighted by Crippen LogP contribution is 2.27. The maximum Gasteiger partial charge on any atom is 0.0595 e. The van der Waals surface area contributed by atoms with Gasteiger partial charge in [-0.2, -0.15) is 0 Å². The Bertz CT molecular complexity index is 749. The molecule has 0 amide bonds. The van der Waals surface area contributed by atoms with Crippen molar-refractivity contribution in [1.82, 2.24) is 4.98 Å². The molecule has 0 atom stereocenters. The first-order valence-electron chi connectivity index (χ1n) is 5.83. The number of aromatic amines is 1. The molecule has 3 rings (SSSR count). The molecule has 1 heterocycles. The fourth-order valence-corrected chi connectivity index (χ4v) is 2.85. The summed E-state index contributed by atoms with van der Waals surface area (Å²) >= 11 is 15.5. The van der Waals surface area contributed by atoms with Gasteiger partial charge in [0.05, 0.1) is 10.0 Å². The zero-order valence-electron chi connectivity index (χ0n) is 9.88. The smallest absolute Gasteiger partial charge is 0.0595 e. The molecule has 3 aromatic rings. The van der Waals surface area contributed by atoms with E-state index < -0.39 is 0 Å². The summed E-state index contributed by atoms with van der Waals surface area (Å²) in [5.41, 5.74) is 3.53. The van der Waals surface area contributed by atoms with Crippen LogP contribution in [0.2, 0.25) is 10.0 Å². The van der Waals surface area contributed by atoms with Crippen LogP contribution in [0.4, 0.5) is 0 Å². The summed E-state index contributed by atoms with van der Waals surface area (Å²) in [6.45, 7) is 0. The van der Waals surface area contributed by atoms with Crippen molar-refractivity contribution < 1.29 is 0 Å². The number of hydrogen-bond donors (Lipinski definition) is 1. The number of halogens is 3. The summed E-state index contributed by atoms with van der Waals surface area (Å²) in [7, 11) is 0. The zero-order chi connectivity index (χ0) is 13.4. The Balaban J connectivity index is 2.00. The Hall–Kier alpha value is -0.960. The molecule has 0 saturated carbocycles. The van der Waals surface area contributed by atoms with Gasteiger partial charge in [-0.3, -0.25) is 0 Å². The molecule has 96 valence electrons. The van der Waals surface area contributed by atoms with Crippen molar-refractivity contribution in [3.8, 4) is 0 Å². The molecule has 1 aromatic heterocycles. The number of hydrogen-bond acceptors (Lipinski definition) is 0. The van der Waals surface area contributed by atoms with E-state index in [-0.39, 0.29) is 0 Å². The van der Waals surface area contributed by atoms with Gasteiger partial charge in [0, 0.05) is 21.6 Å². The molecule has 0 saturated heterocycles. The number of aromatic nitrogens is 1. The van der Waals surface area contributed by atoms with Gasteiger partial charge in [0.25, 0.3) is 0 Å². The molecule has 0 aliphatic carbocycles. The van der Waals surface area contributed by atoms with Gasteiger partial charge in [0.1, 0.15) is 0 Å². The van der Waals surface area contributed by atoms with Crippen molar-refractivity contribution in [2.75, 3.05) is 0 Å². The Labute approximate surface area is 129 Å². The molecule has 0 bridgehead atoms. The fraction of sp³-hybridized carbons (Fsp3) is 0.0667. The molecular formula is C15H10BrCl2N. The molecule has 1 N–H and O–H groups in total. The highest BCUT2D eigenvalue weighted by Gasteiger charge is 2.06. The van der Waals surface area contributed by atoms with Crippen LogP contribution >= 0.6 is 39.1 Å². The Morgan fingerprint density at radius 3 is 2.63 bits per heavy atom. The van der Waals surface area contributed by atoms with Crippen LogP contribution in [0, 0.1) is 0 Å². The molecule has 1 nitrogen and oxygen atoms in total. The van der Waals surface area contributed by atoms with Crippen molar-refractivity contribution in [2.24, 2.45) is 0 Å². The zero-order valence-corrected chi connectivity index (χ0v) is 13.0. The quantitative estimate of drug-likeness (QED) is 0.596. The lowest BCUT2D eigenvalue weighted by Gasteiger charge is -2.03. The van der Waals surface area contributed by atoms with Crippen LogP contribution < -0.4 is 0 Å². The number of fused-ring (bicyclic) bond motifs is 1. The number of H-pyrrole nitrogens is 1. The summed E-state index contributed by atoms with van der Waals surface area (Å²) in [5, 5.41) is 2.41. The van der Waals surface area contributed by atoms with E-state index in [1.807, 2.05) is 30.5 Å². The molecule has 0 fully saturated rings. The van der Waals surface area contributed by atoms with Crippen LogP contribution in [0.3, 0.4) is 0 Å². The molecule has 0 spiro atoms. The summed E-state index contributed by atoms with van der Waals surface area (Å²) in [6.07, 6.45) is 2.87. The summed E-state index contributed by atoms with van der Waals surface area (Å²) < 4.78 is 1.08. The minimum absolute atomic E-state index is 0.590. The van der Waals surface area contributed by atoms with Crippen LogP contribution in [0.25, 0.3) is 10.9 Å². The average Bonchev–Trinajstić information content (AvgIpc) is 2.77. The summed E-state index contributed by atoms with van der Waals surface area (Å²) in [6, 6.07) is 12.0. The van der Waals surface area contributed by atoms with Crippen LogP contribution in [0.5, 0.6) is 0 Å². The van der Waals surface area contributed by atoms with Crippen molar-refractivity contribution in [1.29, 1.82) is 0 Å². The van der Waals surface area contributed by atoms with E-state index in [2.05, 4.69) is 33.0 Å². The second-order valence-corrected chi connectivity index (χ2v) is 6.16. The summed E-state index contributed by atoms with van der Waals surface area (Å²) in [5.74, 6) is 0. The third kappa shape index (κ3) is 2.66. The van der Waals surface area contributed by atoms with Gasteiger partial charge in [-0.05, 0) is 47.9 Å². The lowest BCUT2D eigenvalue weighted by molar-refractivity contribution is 1.21. The van der Waals surface area contributed by atoms with Crippen molar-refractivity contribution >= 4 is 50.0 Å². The minimum Gasteiger partial charge on any atom is -0.361 e. The van der Waals surface area contributed by atoms with E-state index in [4.69, 9.17) is 23.2 Å². The van der Waals surface area contributed by atoms with Gasteiger partial charge in [-0.25, -0.2) is 0 Å². The SMILES string of the molecule is Clc1ccc(Cc2c[nH]c3ccc(Br)cc23)cc1Cl. The van der Waals surface area contributed by atoms with Gasteiger partial charge in [0.15, 0.2) is 0 Å². The van der Waals surface area contributed by atoms with E-state index in [0.717, 1.165) is 22.0 Å². The largest absolute Gasteiger partial charge is 0.361 e. The van der Waals surface area contributed by atoms with Gasteiger partial charge in [-0.1, -0.05) is 45.2 Å². The van der Waals surface area contributed by atoms with Crippen LogP contribution in [-0.2, 0) is 6.42 Å². The minimum atomic E-state index is 0.590. The maximum absolute atomic E-state index is 6.05. The first-order chi connectivity index (χ1) is 9.13. The molecule has 2 aromatic carbocycles. The monoisotopic (exact) mass is 353 g/mol. The predicted octanol–water partition coefficient (Wildman–Crippen LogP) is 5.83. The topological polar surface area (TPSA) is 15.8 Å². The highest BCUT2D eigenvalue weighted by molar-refractivity contribution is 9.10. The van der Waals surface area contributed by atoms with Crippen LogP contribution in [-0.4, -0.2) is 4.98 Å². The Morgan fingerprint density at radius 2 is 1.84 bits per heavy atom.